The second-order valence-corrected chi connectivity index (χ2v) is 3.96. The van der Waals surface area contributed by atoms with Gasteiger partial charge in [0.1, 0.15) is 5.82 Å². The molecule has 98 valence electrons. The molecule has 0 saturated heterocycles. The lowest BCUT2D eigenvalue weighted by Gasteiger charge is -2.12. The maximum absolute atomic E-state index is 13.3. The maximum Gasteiger partial charge on any atom is 0.224 e. The third kappa shape index (κ3) is 3.51. The summed E-state index contributed by atoms with van der Waals surface area (Å²) < 4.78 is 13.3. The molecule has 0 saturated carbocycles. The summed E-state index contributed by atoms with van der Waals surface area (Å²) in [5.74, 6) is -0.498. The monoisotopic (exact) mass is 259 g/mol. The van der Waals surface area contributed by atoms with Gasteiger partial charge in [-0.25, -0.2) is 4.39 Å². The van der Waals surface area contributed by atoms with Gasteiger partial charge in [0, 0.05) is 12.6 Å². The fraction of sp³-hybridized carbons (Fsp3) is 0.143. The first-order valence-electron chi connectivity index (χ1n) is 5.95. The number of hydrogen-bond donors (Lipinski definition) is 2. The average molecular weight is 259 g/mol. The number of rotatable bonds is 4. The molecule has 1 aromatic heterocycles. The van der Waals surface area contributed by atoms with E-state index in [1.165, 1.54) is 18.2 Å². The molecule has 0 unspecified atom stereocenters. The molecule has 1 heterocycles. The van der Waals surface area contributed by atoms with Crippen LogP contribution in [0.4, 0.5) is 21.5 Å². The standard InChI is InChI=1S/C14H14FN3O/c1-2-14(19)18-12-6-5-10(15)8-13(12)17-11-4-3-7-16-9-11/h3-9,17H,2H2,1H3,(H,18,19). The molecule has 0 aliphatic rings. The number of amides is 1. The topological polar surface area (TPSA) is 54.0 Å². The van der Waals surface area contributed by atoms with Crippen LogP contribution in [-0.4, -0.2) is 10.9 Å². The van der Waals surface area contributed by atoms with E-state index in [2.05, 4.69) is 15.6 Å². The molecule has 4 nitrogen and oxygen atoms in total. The number of pyridine rings is 1. The summed E-state index contributed by atoms with van der Waals surface area (Å²) in [4.78, 5) is 15.4. The van der Waals surface area contributed by atoms with Gasteiger partial charge in [-0.15, -0.1) is 0 Å². The number of hydrogen-bond acceptors (Lipinski definition) is 3. The van der Waals surface area contributed by atoms with Gasteiger partial charge in [-0.2, -0.15) is 0 Å². The van der Waals surface area contributed by atoms with Crippen molar-refractivity contribution in [3.63, 3.8) is 0 Å². The van der Waals surface area contributed by atoms with Crippen molar-refractivity contribution in [3.8, 4) is 0 Å². The Morgan fingerprint density at radius 1 is 1.32 bits per heavy atom. The molecule has 0 aliphatic heterocycles. The predicted molar refractivity (Wildman–Crippen MR) is 72.8 cm³/mol. The molecule has 2 rings (SSSR count). The van der Waals surface area contributed by atoms with Crippen LogP contribution in [0.5, 0.6) is 0 Å². The third-order valence-electron chi connectivity index (χ3n) is 2.52. The van der Waals surface area contributed by atoms with Crippen LogP contribution in [0.2, 0.25) is 0 Å². The van der Waals surface area contributed by atoms with Crippen LogP contribution in [0.1, 0.15) is 13.3 Å². The molecule has 1 amide bonds. The van der Waals surface area contributed by atoms with E-state index in [0.717, 1.165) is 5.69 Å². The van der Waals surface area contributed by atoms with Gasteiger partial charge >= 0.3 is 0 Å². The van der Waals surface area contributed by atoms with E-state index in [-0.39, 0.29) is 11.7 Å². The molecule has 0 bridgehead atoms. The molecule has 0 spiro atoms. The van der Waals surface area contributed by atoms with E-state index in [4.69, 9.17) is 0 Å². The van der Waals surface area contributed by atoms with Gasteiger partial charge in [-0.1, -0.05) is 6.92 Å². The van der Waals surface area contributed by atoms with Crippen LogP contribution in [-0.2, 0) is 4.79 Å². The van der Waals surface area contributed by atoms with Crippen LogP contribution in [0.25, 0.3) is 0 Å². The summed E-state index contributed by atoms with van der Waals surface area (Å²) in [6.45, 7) is 1.76. The van der Waals surface area contributed by atoms with Crippen molar-refractivity contribution >= 4 is 23.0 Å². The highest BCUT2D eigenvalue weighted by Gasteiger charge is 2.07. The molecular formula is C14H14FN3O. The largest absolute Gasteiger partial charge is 0.352 e. The molecule has 2 N–H and O–H groups in total. The van der Waals surface area contributed by atoms with Crippen molar-refractivity contribution in [1.82, 2.24) is 4.98 Å². The lowest BCUT2D eigenvalue weighted by atomic mass is 10.2. The number of benzene rings is 1. The van der Waals surface area contributed by atoms with Gasteiger partial charge in [0.2, 0.25) is 5.91 Å². The third-order valence-corrected chi connectivity index (χ3v) is 2.52. The smallest absolute Gasteiger partial charge is 0.224 e. The van der Waals surface area contributed by atoms with E-state index in [9.17, 15) is 9.18 Å². The highest BCUT2D eigenvalue weighted by atomic mass is 19.1. The predicted octanol–water partition coefficient (Wildman–Crippen LogP) is 3.31. The fourth-order valence-electron chi connectivity index (χ4n) is 1.56. The maximum atomic E-state index is 13.3. The molecule has 2 aromatic rings. The first-order chi connectivity index (χ1) is 9.19. The molecule has 19 heavy (non-hydrogen) atoms. The van der Waals surface area contributed by atoms with Gasteiger partial charge in [0.05, 0.1) is 23.3 Å². The zero-order chi connectivity index (χ0) is 13.7. The van der Waals surface area contributed by atoms with Crippen molar-refractivity contribution in [2.75, 3.05) is 10.6 Å². The lowest BCUT2D eigenvalue weighted by molar-refractivity contribution is -0.115. The van der Waals surface area contributed by atoms with Crippen LogP contribution in [0, 0.1) is 5.82 Å². The van der Waals surface area contributed by atoms with Crippen molar-refractivity contribution in [2.24, 2.45) is 0 Å². The SMILES string of the molecule is CCC(=O)Nc1ccc(F)cc1Nc1cccnc1. The van der Waals surface area contributed by atoms with E-state index < -0.39 is 0 Å². The second kappa shape index (κ2) is 5.95. The van der Waals surface area contributed by atoms with Gasteiger partial charge in [-0.05, 0) is 30.3 Å². The Kier molecular flexibility index (Phi) is 4.07. The molecule has 0 atom stereocenters. The van der Waals surface area contributed by atoms with E-state index in [0.29, 0.717) is 17.8 Å². The Labute approximate surface area is 110 Å². The van der Waals surface area contributed by atoms with Gasteiger partial charge in [-0.3, -0.25) is 9.78 Å². The van der Waals surface area contributed by atoms with Crippen molar-refractivity contribution in [3.05, 3.63) is 48.5 Å². The molecular weight excluding hydrogens is 245 g/mol. The van der Waals surface area contributed by atoms with E-state index in [1.807, 2.05) is 6.07 Å². The minimum atomic E-state index is -0.374. The van der Waals surface area contributed by atoms with Crippen LogP contribution < -0.4 is 10.6 Å². The molecule has 0 radical (unpaired) electrons. The minimum Gasteiger partial charge on any atom is -0.352 e. The summed E-state index contributed by atoms with van der Waals surface area (Å²) in [5, 5.41) is 5.74. The Hall–Kier alpha value is -2.43. The number of carbonyl (C=O) groups is 1. The quantitative estimate of drug-likeness (QED) is 0.885. The number of anilines is 3. The highest BCUT2D eigenvalue weighted by molar-refractivity contribution is 5.94. The van der Waals surface area contributed by atoms with E-state index >= 15 is 0 Å². The van der Waals surface area contributed by atoms with E-state index in [1.54, 1.807) is 25.4 Å². The van der Waals surface area contributed by atoms with Gasteiger partial charge < -0.3 is 10.6 Å². The highest BCUT2D eigenvalue weighted by Crippen LogP contribution is 2.26. The number of nitrogens with one attached hydrogen (secondary N) is 2. The number of nitrogens with zero attached hydrogens (tertiary/aromatic N) is 1. The first-order valence-corrected chi connectivity index (χ1v) is 5.95. The van der Waals surface area contributed by atoms with Gasteiger partial charge in [0.25, 0.3) is 0 Å². The summed E-state index contributed by atoms with van der Waals surface area (Å²) >= 11 is 0. The fourth-order valence-corrected chi connectivity index (χ4v) is 1.56. The number of halogens is 1. The van der Waals surface area contributed by atoms with Gasteiger partial charge in [0.15, 0.2) is 0 Å². The Morgan fingerprint density at radius 2 is 2.16 bits per heavy atom. The zero-order valence-corrected chi connectivity index (χ0v) is 10.5. The molecule has 5 heteroatoms. The average Bonchev–Trinajstić information content (AvgIpc) is 2.43. The summed E-state index contributed by atoms with van der Waals surface area (Å²) in [7, 11) is 0. The minimum absolute atomic E-state index is 0.124. The summed E-state index contributed by atoms with van der Waals surface area (Å²) in [5.41, 5.74) is 1.76. The van der Waals surface area contributed by atoms with Crippen LogP contribution in [0.15, 0.2) is 42.7 Å². The van der Waals surface area contributed by atoms with Crippen LogP contribution >= 0.6 is 0 Å². The molecule has 1 aromatic carbocycles. The summed E-state index contributed by atoms with van der Waals surface area (Å²) in [6.07, 6.45) is 3.64. The second-order valence-electron chi connectivity index (χ2n) is 3.96. The first kappa shape index (κ1) is 13.0. The lowest BCUT2D eigenvalue weighted by Crippen LogP contribution is -2.11. The number of aromatic nitrogens is 1. The Bertz CT molecular complexity index is 572. The Balaban J connectivity index is 2.27. The van der Waals surface area contributed by atoms with Crippen molar-refractivity contribution < 1.29 is 9.18 Å². The van der Waals surface area contributed by atoms with Crippen molar-refractivity contribution in [1.29, 1.82) is 0 Å². The van der Waals surface area contributed by atoms with Crippen LogP contribution in [0.3, 0.4) is 0 Å². The summed E-state index contributed by atoms with van der Waals surface area (Å²) in [6, 6.07) is 7.74. The van der Waals surface area contributed by atoms with Crippen molar-refractivity contribution in [2.45, 2.75) is 13.3 Å². The molecule has 0 fully saturated rings. The Morgan fingerprint density at radius 3 is 2.84 bits per heavy atom. The molecule has 0 aliphatic carbocycles. The normalized spacial score (nSPS) is 10.0. The zero-order valence-electron chi connectivity index (χ0n) is 10.5. The number of carbonyl (C=O) groups excluding carboxylic acids is 1.